The molecule has 7 N–H and O–H groups in total. The van der Waals surface area contributed by atoms with E-state index in [0.717, 1.165) is 36.1 Å². The van der Waals surface area contributed by atoms with E-state index < -0.39 is 6.03 Å². The highest BCUT2D eigenvalue weighted by atomic mass is 16.3. The number of carbonyl (C=O) groups is 1. The number of H-pyrrole nitrogens is 1. The molecule has 1 aliphatic rings. The lowest BCUT2D eigenvalue weighted by atomic mass is 10.1. The average Bonchev–Trinajstić information content (AvgIpc) is 3.37. The average molecular weight is 435 g/mol. The fourth-order valence-corrected chi connectivity index (χ4v) is 3.80. The Morgan fingerprint density at radius 2 is 2.09 bits per heavy atom. The number of rotatable bonds is 5. The third kappa shape index (κ3) is 4.89. The number of aliphatic hydroxyl groups excluding tert-OH is 1. The highest BCUT2D eigenvalue weighted by Crippen LogP contribution is 2.32. The number of anilines is 3. The van der Waals surface area contributed by atoms with Gasteiger partial charge in [-0.1, -0.05) is 34.9 Å². The summed E-state index contributed by atoms with van der Waals surface area (Å²) in [7, 11) is 0. The minimum atomic E-state index is -0.675. The van der Waals surface area contributed by atoms with Gasteiger partial charge in [0.25, 0.3) is 0 Å². The summed E-state index contributed by atoms with van der Waals surface area (Å²) in [5.74, 6) is 0.673. The van der Waals surface area contributed by atoms with Gasteiger partial charge < -0.3 is 21.1 Å². The molecule has 9 nitrogen and oxygen atoms in total. The Morgan fingerprint density at radius 3 is 2.78 bits per heavy atom. The maximum atomic E-state index is 11.6. The lowest BCUT2D eigenvalue weighted by Crippen LogP contribution is -2.25. The van der Waals surface area contributed by atoms with Crippen LogP contribution in [0, 0.1) is 12.8 Å². The number of nitrogen functional groups attached to an aromatic ring is 1. The molecule has 2 aromatic carbocycles. The molecule has 0 radical (unpaired) electrons. The van der Waals surface area contributed by atoms with Crippen LogP contribution < -0.4 is 31.5 Å². The van der Waals surface area contributed by atoms with Crippen LogP contribution in [-0.2, 0) is 0 Å². The number of hydrogen-bond donors (Lipinski definition) is 5. The summed E-state index contributed by atoms with van der Waals surface area (Å²) in [6, 6.07) is 14.8. The van der Waals surface area contributed by atoms with Crippen molar-refractivity contribution in [3.63, 3.8) is 0 Å². The molecule has 0 spiro atoms. The minimum Gasteiger partial charge on any atom is -0.396 e. The first-order chi connectivity index (χ1) is 15.4. The lowest BCUT2D eigenvalue weighted by Gasteiger charge is -2.19. The standard InChI is InChI=1S/C23H27N7O2/c1-15-2-4-16(5-3-15)10-18-11-22(24)30(27-18)28-20-7-6-19(12-21(20)26-23(25)32)29-9-8-17(13-29)14-31/h2-7,10-12,17,27,31H,8-9,13-14,24H2,1H3,(H2,25,32)/p+1. The van der Waals surface area contributed by atoms with Crippen LogP contribution in [0.5, 0.6) is 0 Å². The number of nitrogens with one attached hydrogen (secondary N) is 2. The van der Waals surface area contributed by atoms with E-state index in [1.807, 2.05) is 55.5 Å². The summed E-state index contributed by atoms with van der Waals surface area (Å²) in [5.41, 5.74) is 15.7. The van der Waals surface area contributed by atoms with Crippen molar-refractivity contribution in [3.05, 3.63) is 65.0 Å². The van der Waals surface area contributed by atoms with E-state index >= 15 is 0 Å². The molecule has 1 aromatic heterocycles. The number of nitrogens with zero attached hydrogens (tertiary/aromatic N) is 3. The highest BCUT2D eigenvalue weighted by molar-refractivity contribution is 5.92. The van der Waals surface area contributed by atoms with Gasteiger partial charge in [-0.05, 0) is 47.7 Å². The molecule has 1 saturated heterocycles. The van der Waals surface area contributed by atoms with Crippen molar-refractivity contribution in [1.29, 1.82) is 0 Å². The Morgan fingerprint density at radius 1 is 1.31 bits per heavy atom. The fourth-order valence-electron chi connectivity index (χ4n) is 3.80. The quantitative estimate of drug-likeness (QED) is 0.390. The molecule has 1 atom stereocenters. The first-order valence-electron chi connectivity index (χ1n) is 10.5. The maximum absolute atomic E-state index is 11.6. The molecule has 166 valence electrons. The molecule has 2 heterocycles. The third-order valence-electron chi connectivity index (χ3n) is 5.54. The van der Waals surface area contributed by atoms with Crippen LogP contribution in [0.15, 0.2) is 53.6 Å². The first kappa shape index (κ1) is 21.4. The normalized spacial score (nSPS) is 17.2. The molecule has 0 bridgehead atoms. The van der Waals surface area contributed by atoms with Gasteiger partial charge in [0, 0.05) is 31.3 Å². The second-order valence-corrected chi connectivity index (χ2v) is 8.08. The van der Waals surface area contributed by atoms with E-state index in [4.69, 9.17) is 11.5 Å². The third-order valence-corrected chi connectivity index (χ3v) is 5.54. The molecule has 4 rings (SSSR count). The predicted molar refractivity (Wildman–Crippen MR) is 124 cm³/mol. The topological polar surface area (TPSA) is 139 Å². The van der Waals surface area contributed by atoms with Crippen LogP contribution >= 0.6 is 0 Å². The van der Waals surface area contributed by atoms with Crippen LogP contribution in [0.25, 0.3) is 6.08 Å². The van der Waals surface area contributed by atoms with Gasteiger partial charge in [-0.3, -0.25) is 5.73 Å². The second-order valence-electron chi connectivity index (χ2n) is 8.08. The number of nitrogens with two attached hydrogens (primary N) is 2. The zero-order chi connectivity index (χ0) is 22.7. The van der Waals surface area contributed by atoms with Crippen molar-refractivity contribution >= 4 is 35.0 Å². The Kier molecular flexibility index (Phi) is 6.09. The number of hydrogen-bond acceptors (Lipinski definition) is 5. The van der Waals surface area contributed by atoms with E-state index in [1.165, 1.54) is 10.0 Å². The molecule has 2 amide bonds. The zero-order valence-corrected chi connectivity index (χ0v) is 18.0. The number of carbonyl (C=O) groups excluding carboxylic acids is 1. The van der Waals surface area contributed by atoms with Crippen LogP contribution in [0.3, 0.4) is 0 Å². The number of aromatic nitrogens is 2. The molecular weight excluding hydrogens is 406 g/mol. The van der Waals surface area contributed by atoms with Crippen molar-refractivity contribution < 1.29 is 14.4 Å². The van der Waals surface area contributed by atoms with Gasteiger partial charge in [0.15, 0.2) is 0 Å². The number of amides is 2. The van der Waals surface area contributed by atoms with Gasteiger partial charge in [0.05, 0.1) is 17.1 Å². The highest BCUT2D eigenvalue weighted by Gasteiger charge is 2.23. The van der Waals surface area contributed by atoms with E-state index in [1.54, 1.807) is 6.07 Å². The molecule has 1 aliphatic heterocycles. The number of urea groups is 1. The fraction of sp³-hybridized carbons (Fsp3) is 0.261. The summed E-state index contributed by atoms with van der Waals surface area (Å²) in [4.78, 5) is 13.7. The predicted octanol–water partition coefficient (Wildman–Crippen LogP) is 1.69. The van der Waals surface area contributed by atoms with Gasteiger partial charge in [0.1, 0.15) is 5.69 Å². The molecule has 3 aromatic rings. The van der Waals surface area contributed by atoms with Crippen molar-refractivity contribution in [1.82, 2.24) is 5.10 Å². The van der Waals surface area contributed by atoms with Crippen molar-refractivity contribution in [2.45, 2.75) is 13.3 Å². The molecule has 1 fully saturated rings. The monoisotopic (exact) mass is 434 g/mol. The smallest absolute Gasteiger partial charge is 0.321 e. The molecule has 1 unspecified atom stereocenters. The van der Waals surface area contributed by atoms with Crippen LogP contribution in [0.1, 0.15) is 17.5 Å². The summed E-state index contributed by atoms with van der Waals surface area (Å²) in [6.45, 7) is 3.82. The Hall–Kier alpha value is -3.85. The van der Waals surface area contributed by atoms with Gasteiger partial charge in [-0.2, -0.15) is 0 Å². The van der Waals surface area contributed by atoms with E-state index in [-0.39, 0.29) is 12.5 Å². The molecule has 9 heteroatoms. The van der Waals surface area contributed by atoms with Crippen molar-refractivity contribution in [2.24, 2.45) is 16.8 Å². The summed E-state index contributed by atoms with van der Waals surface area (Å²) in [6.07, 6.45) is 2.90. The lowest BCUT2D eigenvalue weighted by molar-refractivity contribution is -0.590. The van der Waals surface area contributed by atoms with E-state index in [9.17, 15) is 9.90 Å². The SMILES string of the molecule is Cc1ccc(C=c2cc(N)[n+](=Nc3ccc(N4CCC(CO)C4)cc3NC(N)=O)[nH]2)cc1. The number of aliphatic hydroxyl groups is 1. The second kappa shape index (κ2) is 9.11. The first-order valence-corrected chi connectivity index (χ1v) is 10.5. The Balaban J connectivity index is 1.69. The number of aryl methyl sites for hydroxylation is 1. The Labute approximate surface area is 185 Å². The molecule has 32 heavy (non-hydrogen) atoms. The maximum Gasteiger partial charge on any atom is 0.321 e. The van der Waals surface area contributed by atoms with Crippen molar-refractivity contribution in [3.8, 4) is 0 Å². The van der Waals surface area contributed by atoms with Gasteiger partial charge in [0.2, 0.25) is 0 Å². The van der Waals surface area contributed by atoms with Crippen LogP contribution in [0.4, 0.5) is 27.7 Å². The summed E-state index contributed by atoms with van der Waals surface area (Å²) >= 11 is 0. The summed E-state index contributed by atoms with van der Waals surface area (Å²) in [5, 5.41) is 20.6. The number of primary amides is 1. The Bertz CT molecular complexity index is 1230. The number of aromatic amines is 1. The largest absolute Gasteiger partial charge is 0.396 e. The van der Waals surface area contributed by atoms with Crippen molar-refractivity contribution in [2.75, 3.05) is 35.6 Å². The molecular formula is C23H28N7O2+. The minimum absolute atomic E-state index is 0.168. The van der Waals surface area contributed by atoms with Crippen LogP contribution in [0.2, 0.25) is 0 Å². The van der Waals surface area contributed by atoms with E-state index in [2.05, 4.69) is 20.4 Å². The summed E-state index contributed by atoms with van der Waals surface area (Å²) < 4.78 is 1.46. The number of benzene rings is 2. The zero-order valence-electron chi connectivity index (χ0n) is 18.0. The van der Waals surface area contributed by atoms with Gasteiger partial charge in [-0.25, -0.2) is 9.89 Å². The molecule has 0 aliphatic carbocycles. The molecule has 0 saturated carbocycles. The van der Waals surface area contributed by atoms with Gasteiger partial charge >= 0.3 is 11.8 Å². The van der Waals surface area contributed by atoms with Crippen LogP contribution in [-0.4, -0.2) is 35.9 Å². The van der Waals surface area contributed by atoms with Gasteiger partial charge in [-0.15, -0.1) is 0 Å². The van der Waals surface area contributed by atoms with E-state index in [0.29, 0.717) is 17.2 Å².